The minimum Gasteiger partial charge on any atom is -0.539 e. The van der Waals surface area contributed by atoms with E-state index in [0.717, 1.165) is 5.56 Å². The minimum absolute atomic E-state index is 0.0186. The van der Waals surface area contributed by atoms with Crippen LogP contribution in [0.25, 0.3) is 0 Å². The molecule has 0 radical (unpaired) electrons. The maximum Gasteiger partial charge on any atom is 0.256 e. The van der Waals surface area contributed by atoms with Gasteiger partial charge in [-0.05, 0) is 43.4 Å². The largest absolute Gasteiger partial charge is 0.539 e. The SMILES string of the molecule is Cc1ccc(NC(=O)CC2C(=O)N(c3ccccc3)C(=S)N2Cc2c([O-])on[n+]2C)cc1. The van der Waals surface area contributed by atoms with E-state index in [-0.39, 0.29) is 35.6 Å². The highest BCUT2D eigenvalue weighted by Crippen LogP contribution is 2.29. The number of carbonyl (C=O) groups excluding carboxylic acids is 2. The van der Waals surface area contributed by atoms with Gasteiger partial charge in [0.1, 0.15) is 12.6 Å². The highest BCUT2D eigenvalue weighted by atomic mass is 32.1. The van der Waals surface area contributed by atoms with Gasteiger partial charge in [-0.3, -0.25) is 14.5 Å². The number of rotatable bonds is 6. The summed E-state index contributed by atoms with van der Waals surface area (Å²) in [5, 5.41) is 18.7. The van der Waals surface area contributed by atoms with Gasteiger partial charge in [0.2, 0.25) is 5.91 Å². The van der Waals surface area contributed by atoms with Gasteiger partial charge in [0.05, 0.1) is 17.4 Å². The molecule has 3 aromatic rings. The van der Waals surface area contributed by atoms with Crippen LogP contribution < -0.4 is 20.0 Å². The average molecular weight is 452 g/mol. The standard InChI is InChI=1S/C22H21N5O4S/c1-14-8-10-15(11-9-14)23-19(28)12-17-20(29)27(16-6-4-3-5-7-16)22(32)26(17)13-18-21(30)31-24-25(18)2/h3-11,17H,12-13H2,1-2H3,(H-,23,24,28,30). The molecule has 9 nitrogen and oxygen atoms in total. The molecule has 0 bridgehead atoms. The summed E-state index contributed by atoms with van der Waals surface area (Å²) in [6.07, 6.45) is -0.140. The van der Waals surface area contributed by atoms with Crippen molar-refractivity contribution in [3.05, 3.63) is 65.9 Å². The molecule has 1 aliphatic rings. The number of benzene rings is 2. The number of amides is 2. The average Bonchev–Trinajstić information content (AvgIpc) is 3.21. The molecule has 10 heteroatoms. The van der Waals surface area contributed by atoms with E-state index in [4.69, 9.17) is 16.7 Å². The monoisotopic (exact) mass is 451 g/mol. The Labute approximate surface area is 189 Å². The van der Waals surface area contributed by atoms with E-state index in [2.05, 4.69) is 10.6 Å². The lowest BCUT2D eigenvalue weighted by molar-refractivity contribution is -0.746. The number of aromatic nitrogens is 2. The molecular formula is C22H21N5O4S. The number of anilines is 2. The predicted molar refractivity (Wildman–Crippen MR) is 117 cm³/mol. The van der Waals surface area contributed by atoms with Gasteiger partial charge in [-0.15, -0.1) is 0 Å². The van der Waals surface area contributed by atoms with Gasteiger partial charge in [0, 0.05) is 5.69 Å². The molecule has 2 heterocycles. The van der Waals surface area contributed by atoms with Crippen LogP contribution >= 0.6 is 12.2 Å². The number of hydrogen-bond donors (Lipinski definition) is 1. The van der Waals surface area contributed by atoms with E-state index in [1.54, 1.807) is 48.3 Å². The van der Waals surface area contributed by atoms with E-state index in [0.29, 0.717) is 11.4 Å². The van der Waals surface area contributed by atoms with Gasteiger partial charge in [0.25, 0.3) is 11.6 Å². The maximum atomic E-state index is 13.4. The van der Waals surface area contributed by atoms with Gasteiger partial charge in [-0.25, -0.2) is 0 Å². The van der Waals surface area contributed by atoms with Gasteiger partial charge >= 0.3 is 0 Å². The Bertz CT molecular complexity index is 1140. The van der Waals surface area contributed by atoms with Gasteiger partial charge < -0.3 is 19.8 Å². The first-order valence-electron chi connectivity index (χ1n) is 9.93. The van der Waals surface area contributed by atoms with Gasteiger partial charge in [-0.1, -0.05) is 40.6 Å². The quantitative estimate of drug-likeness (QED) is 0.446. The summed E-state index contributed by atoms with van der Waals surface area (Å²) in [5.74, 6) is -1.30. The third-order valence-corrected chi connectivity index (χ3v) is 5.66. The molecule has 2 aromatic carbocycles. The number of nitrogens with zero attached hydrogens (tertiary/aromatic N) is 4. The molecular weight excluding hydrogens is 430 g/mol. The van der Waals surface area contributed by atoms with Crippen molar-refractivity contribution in [2.24, 2.45) is 7.05 Å². The number of carbonyl (C=O) groups is 2. The number of para-hydroxylation sites is 1. The Morgan fingerprint density at radius 1 is 1.22 bits per heavy atom. The summed E-state index contributed by atoms with van der Waals surface area (Å²) >= 11 is 5.59. The van der Waals surface area contributed by atoms with Crippen molar-refractivity contribution in [2.45, 2.75) is 25.9 Å². The zero-order chi connectivity index (χ0) is 22.8. The molecule has 4 rings (SSSR count). The van der Waals surface area contributed by atoms with Crippen molar-refractivity contribution in [1.82, 2.24) is 10.2 Å². The van der Waals surface area contributed by atoms with Gasteiger partial charge in [-0.2, -0.15) is 0 Å². The van der Waals surface area contributed by atoms with Crippen molar-refractivity contribution < 1.29 is 23.9 Å². The fourth-order valence-corrected chi connectivity index (χ4v) is 3.90. The summed E-state index contributed by atoms with van der Waals surface area (Å²) in [5.41, 5.74) is 2.51. The Morgan fingerprint density at radius 2 is 1.91 bits per heavy atom. The van der Waals surface area contributed by atoms with E-state index in [1.165, 1.54) is 9.58 Å². The molecule has 0 spiro atoms. The lowest BCUT2D eigenvalue weighted by Gasteiger charge is -2.22. The Kier molecular flexibility index (Phi) is 5.87. The van der Waals surface area contributed by atoms with Crippen LogP contribution in [0.2, 0.25) is 0 Å². The van der Waals surface area contributed by atoms with Crippen molar-refractivity contribution in [1.29, 1.82) is 0 Å². The topological polar surface area (TPSA) is 106 Å². The molecule has 1 saturated heterocycles. The molecule has 164 valence electrons. The third kappa shape index (κ3) is 4.17. The zero-order valence-electron chi connectivity index (χ0n) is 17.5. The first-order chi connectivity index (χ1) is 15.3. The molecule has 0 aliphatic carbocycles. The second-order valence-corrected chi connectivity index (χ2v) is 7.85. The van der Waals surface area contributed by atoms with Crippen LogP contribution in [-0.4, -0.2) is 33.1 Å². The van der Waals surface area contributed by atoms with E-state index < -0.39 is 12.0 Å². The molecule has 1 fully saturated rings. The molecule has 1 aliphatic heterocycles. The van der Waals surface area contributed by atoms with Crippen molar-refractivity contribution >= 4 is 40.5 Å². The fourth-order valence-electron chi connectivity index (χ4n) is 3.51. The number of hydrogen-bond acceptors (Lipinski definition) is 6. The van der Waals surface area contributed by atoms with Crippen LogP contribution in [0.5, 0.6) is 5.95 Å². The van der Waals surface area contributed by atoms with Crippen LogP contribution in [0.3, 0.4) is 0 Å². The van der Waals surface area contributed by atoms with Crippen LogP contribution in [0, 0.1) is 6.92 Å². The molecule has 1 N–H and O–H groups in total. The molecule has 0 saturated carbocycles. The van der Waals surface area contributed by atoms with Crippen LogP contribution in [0.4, 0.5) is 11.4 Å². The summed E-state index contributed by atoms with van der Waals surface area (Å²) in [6.45, 7) is 1.93. The first-order valence-corrected chi connectivity index (χ1v) is 10.3. The highest BCUT2D eigenvalue weighted by molar-refractivity contribution is 7.80. The van der Waals surface area contributed by atoms with E-state index >= 15 is 0 Å². The number of thiocarbonyl (C=S) groups is 1. The van der Waals surface area contributed by atoms with Crippen molar-refractivity contribution in [3.63, 3.8) is 0 Å². The lowest BCUT2D eigenvalue weighted by atomic mass is 10.1. The van der Waals surface area contributed by atoms with Gasteiger partial charge in [0.15, 0.2) is 18.1 Å². The summed E-state index contributed by atoms with van der Waals surface area (Å²) in [4.78, 5) is 29.1. The maximum absolute atomic E-state index is 13.4. The Morgan fingerprint density at radius 3 is 2.53 bits per heavy atom. The van der Waals surface area contributed by atoms with Crippen molar-refractivity contribution in [3.8, 4) is 5.95 Å². The molecule has 1 unspecified atom stereocenters. The second kappa shape index (κ2) is 8.75. The van der Waals surface area contributed by atoms with E-state index in [1.807, 2.05) is 25.1 Å². The lowest BCUT2D eigenvalue weighted by Crippen LogP contribution is -2.42. The third-order valence-electron chi connectivity index (χ3n) is 5.24. The summed E-state index contributed by atoms with van der Waals surface area (Å²) in [6, 6.07) is 15.4. The molecule has 2 amide bonds. The van der Waals surface area contributed by atoms with E-state index in [9.17, 15) is 14.7 Å². The zero-order valence-corrected chi connectivity index (χ0v) is 18.3. The highest BCUT2D eigenvalue weighted by Gasteiger charge is 2.45. The van der Waals surface area contributed by atoms with Crippen LogP contribution in [-0.2, 0) is 23.2 Å². The molecule has 1 atom stereocenters. The smallest absolute Gasteiger partial charge is 0.256 e. The normalized spacial score (nSPS) is 16.0. The fraction of sp³-hybridized carbons (Fsp3) is 0.227. The van der Waals surface area contributed by atoms with Crippen LogP contribution in [0.1, 0.15) is 17.7 Å². The predicted octanol–water partition coefficient (Wildman–Crippen LogP) is 1.41. The number of aryl methyl sites for hydroxylation is 2. The minimum atomic E-state index is -0.887. The molecule has 32 heavy (non-hydrogen) atoms. The Balaban J connectivity index is 1.61. The van der Waals surface area contributed by atoms with Crippen molar-refractivity contribution in [2.75, 3.05) is 10.2 Å². The van der Waals surface area contributed by atoms with Crippen LogP contribution in [0.15, 0.2) is 59.1 Å². The summed E-state index contributed by atoms with van der Waals surface area (Å²) in [7, 11) is 1.56. The Hall–Kier alpha value is -3.79. The first kappa shape index (κ1) is 21.4. The summed E-state index contributed by atoms with van der Waals surface area (Å²) < 4.78 is 5.99. The molecule has 1 aromatic heterocycles. The number of nitrogens with one attached hydrogen (secondary N) is 1. The second-order valence-electron chi connectivity index (χ2n) is 7.48.